The second-order valence-corrected chi connectivity index (χ2v) is 9.59. The van der Waals surface area contributed by atoms with Gasteiger partial charge in [0.2, 0.25) is 10.0 Å². The Bertz CT molecular complexity index is 924. The molecular weight excluding hydrogens is 408 g/mol. The van der Waals surface area contributed by atoms with Crippen LogP contribution in [0.3, 0.4) is 0 Å². The highest BCUT2D eigenvalue weighted by Crippen LogP contribution is 2.22. The second-order valence-electron chi connectivity index (χ2n) is 7.00. The number of nitrogens with one attached hydrogen (secondary N) is 2. The number of benzene rings is 2. The fourth-order valence-corrected chi connectivity index (χ4v) is 5.03. The van der Waals surface area contributed by atoms with E-state index >= 15 is 0 Å². The van der Waals surface area contributed by atoms with Crippen LogP contribution >= 0.6 is 11.8 Å². The molecule has 0 saturated heterocycles. The van der Waals surface area contributed by atoms with E-state index in [0.29, 0.717) is 11.4 Å². The maximum Gasteiger partial charge on any atom is 0.262 e. The number of ether oxygens (including phenoxy) is 1. The summed E-state index contributed by atoms with van der Waals surface area (Å²) in [5.74, 6) is 0.161. The van der Waals surface area contributed by atoms with Crippen molar-refractivity contribution in [1.82, 2.24) is 4.72 Å². The Morgan fingerprint density at radius 1 is 1.10 bits per heavy atom. The van der Waals surface area contributed by atoms with E-state index in [4.69, 9.17) is 4.74 Å². The summed E-state index contributed by atoms with van der Waals surface area (Å²) in [6.07, 6.45) is 7.03. The number of thioether (sulfide) groups is 1. The highest BCUT2D eigenvalue weighted by molar-refractivity contribution is 7.98. The zero-order chi connectivity index (χ0) is 20.7. The van der Waals surface area contributed by atoms with Gasteiger partial charge in [0.15, 0.2) is 6.61 Å². The number of amides is 1. The highest BCUT2D eigenvalue weighted by Gasteiger charge is 2.21. The van der Waals surface area contributed by atoms with Gasteiger partial charge in [0, 0.05) is 16.6 Å². The predicted molar refractivity (Wildman–Crippen MR) is 116 cm³/mol. The first-order chi connectivity index (χ1) is 14.0. The minimum absolute atomic E-state index is 0.0120. The van der Waals surface area contributed by atoms with Crippen molar-refractivity contribution in [3.8, 4) is 5.75 Å². The fourth-order valence-electron chi connectivity index (χ4n) is 3.27. The molecule has 0 spiro atoms. The van der Waals surface area contributed by atoms with E-state index in [0.717, 1.165) is 30.6 Å². The lowest BCUT2D eigenvalue weighted by molar-refractivity contribution is -0.118. The van der Waals surface area contributed by atoms with E-state index in [1.54, 1.807) is 23.9 Å². The third-order valence-electron chi connectivity index (χ3n) is 4.78. The van der Waals surface area contributed by atoms with Gasteiger partial charge in [-0.15, -0.1) is 11.8 Å². The van der Waals surface area contributed by atoms with E-state index in [2.05, 4.69) is 10.0 Å². The van der Waals surface area contributed by atoms with Gasteiger partial charge in [0.05, 0.1) is 4.90 Å². The number of carbonyl (C=O) groups excluding carboxylic acids is 1. The molecule has 156 valence electrons. The molecule has 6 nitrogen and oxygen atoms in total. The lowest BCUT2D eigenvalue weighted by Gasteiger charge is -2.22. The van der Waals surface area contributed by atoms with Crippen molar-refractivity contribution in [3.05, 3.63) is 48.5 Å². The normalized spacial score (nSPS) is 15.1. The van der Waals surface area contributed by atoms with Crippen LogP contribution in [0.1, 0.15) is 32.1 Å². The summed E-state index contributed by atoms with van der Waals surface area (Å²) in [5.41, 5.74) is 0.709. The van der Waals surface area contributed by atoms with Gasteiger partial charge < -0.3 is 10.1 Å². The molecule has 0 unspecified atom stereocenters. The lowest BCUT2D eigenvalue weighted by atomic mass is 9.96. The molecule has 29 heavy (non-hydrogen) atoms. The molecule has 2 N–H and O–H groups in total. The van der Waals surface area contributed by atoms with E-state index in [-0.39, 0.29) is 23.5 Å². The topological polar surface area (TPSA) is 84.5 Å². The lowest BCUT2D eigenvalue weighted by Crippen LogP contribution is -2.36. The second kappa shape index (κ2) is 10.1. The summed E-state index contributed by atoms with van der Waals surface area (Å²) < 4.78 is 33.3. The van der Waals surface area contributed by atoms with Crippen molar-refractivity contribution >= 4 is 33.4 Å². The third-order valence-corrected chi connectivity index (χ3v) is 7.05. The zero-order valence-corrected chi connectivity index (χ0v) is 18.0. The van der Waals surface area contributed by atoms with E-state index in [9.17, 15) is 13.2 Å². The number of hydrogen-bond acceptors (Lipinski definition) is 5. The van der Waals surface area contributed by atoms with Gasteiger partial charge >= 0.3 is 0 Å². The van der Waals surface area contributed by atoms with Gasteiger partial charge in [0.25, 0.3) is 5.91 Å². The molecule has 1 aliphatic carbocycles. The minimum Gasteiger partial charge on any atom is -0.484 e. The molecule has 2 aromatic rings. The average Bonchev–Trinajstić information content (AvgIpc) is 2.73. The summed E-state index contributed by atoms with van der Waals surface area (Å²) >= 11 is 1.60. The van der Waals surface area contributed by atoms with Gasteiger partial charge in [0.1, 0.15) is 5.75 Å². The summed E-state index contributed by atoms with van der Waals surface area (Å²) in [7, 11) is -3.54. The molecule has 0 aromatic heterocycles. The van der Waals surface area contributed by atoms with Crippen LogP contribution in [0.25, 0.3) is 0 Å². The Balaban J connectivity index is 1.52. The van der Waals surface area contributed by atoms with Crippen LogP contribution in [0.4, 0.5) is 5.69 Å². The largest absolute Gasteiger partial charge is 0.484 e. The molecule has 0 aliphatic heterocycles. The van der Waals surface area contributed by atoms with Crippen LogP contribution in [0.15, 0.2) is 58.3 Å². The minimum atomic E-state index is -3.54. The van der Waals surface area contributed by atoms with Crippen LogP contribution in [0.5, 0.6) is 5.75 Å². The number of sulfonamides is 1. The van der Waals surface area contributed by atoms with Crippen LogP contribution in [0.2, 0.25) is 0 Å². The van der Waals surface area contributed by atoms with Gasteiger partial charge in [-0.3, -0.25) is 4.79 Å². The molecule has 1 fully saturated rings. The first kappa shape index (κ1) is 21.7. The van der Waals surface area contributed by atoms with E-state index in [1.165, 1.54) is 18.6 Å². The highest BCUT2D eigenvalue weighted by atomic mass is 32.2. The van der Waals surface area contributed by atoms with Crippen molar-refractivity contribution in [2.75, 3.05) is 18.2 Å². The van der Waals surface area contributed by atoms with Crippen LogP contribution in [0, 0.1) is 0 Å². The molecule has 0 heterocycles. The monoisotopic (exact) mass is 434 g/mol. The van der Waals surface area contributed by atoms with Crippen molar-refractivity contribution in [3.63, 3.8) is 0 Å². The van der Waals surface area contributed by atoms with E-state index in [1.807, 2.05) is 30.5 Å². The summed E-state index contributed by atoms with van der Waals surface area (Å²) in [6, 6.07) is 13.7. The average molecular weight is 435 g/mol. The molecule has 8 heteroatoms. The van der Waals surface area contributed by atoms with Crippen molar-refractivity contribution in [1.29, 1.82) is 0 Å². The maximum absolute atomic E-state index is 12.5. The molecule has 1 aliphatic rings. The van der Waals surface area contributed by atoms with Crippen LogP contribution < -0.4 is 14.8 Å². The first-order valence-corrected chi connectivity index (χ1v) is 12.4. The van der Waals surface area contributed by atoms with Gasteiger partial charge in [-0.1, -0.05) is 25.3 Å². The van der Waals surface area contributed by atoms with Gasteiger partial charge in [-0.2, -0.15) is 0 Å². The Kier molecular flexibility index (Phi) is 7.57. The zero-order valence-electron chi connectivity index (χ0n) is 16.4. The first-order valence-electron chi connectivity index (χ1n) is 9.65. The van der Waals surface area contributed by atoms with Gasteiger partial charge in [-0.25, -0.2) is 13.1 Å². The summed E-state index contributed by atoms with van der Waals surface area (Å²) in [5, 5.41) is 2.78. The Hall–Kier alpha value is -2.03. The SMILES string of the molecule is CSc1cccc(NC(=O)COc2ccc(S(=O)(=O)NC3CCCCC3)cc2)c1. The van der Waals surface area contributed by atoms with Gasteiger partial charge in [-0.05, 0) is 61.6 Å². The van der Waals surface area contributed by atoms with Crippen molar-refractivity contribution < 1.29 is 17.9 Å². The summed E-state index contributed by atoms with van der Waals surface area (Å²) in [4.78, 5) is 13.3. The van der Waals surface area contributed by atoms with E-state index < -0.39 is 10.0 Å². The predicted octanol–water partition coefficient (Wildman–Crippen LogP) is 4.04. The standard InChI is InChI=1S/C21H26N2O4S2/c1-28-19-9-5-8-17(14-19)22-21(24)15-27-18-10-12-20(13-11-18)29(25,26)23-16-6-3-2-4-7-16/h5,8-14,16,23H,2-4,6-7,15H2,1H3,(H,22,24). The molecule has 0 radical (unpaired) electrons. The smallest absolute Gasteiger partial charge is 0.262 e. The van der Waals surface area contributed by atoms with Crippen molar-refractivity contribution in [2.45, 2.75) is 47.9 Å². The molecule has 1 saturated carbocycles. The molecule has 1 amide bonds. The maximum atomic E-state index is 12.5. The Morgan fingerprint density at radius 2 is 1.83 bits per heavy atom. The quantitative estimate of drug-likeness (QED) is 0.613. The molecule has 0 bridgehead atoms. The molecular formula is C21H26N2O4S2. The molecule has 2 aromatic carbocycles. The van der Waals surface area contributed by atoms with Crippen LogP contribution in [-0.4, -0.2) is 33.2 Å². The number of carbonyl (C=O) groups is 1. The fraction of sp³-hybridized carbons (Fsp3) is 0.381. The number of hydrogen-bond donors (Lipinski definition) is 2. The Morgan fingerprint density at radius 3 is 2.52 bits per heavy atom. The summed E-state index contributed by atoms with van der Waals surface area (Å²) in [6.45, 7) is -0.157. The van der Waals surface area contributed by atoms with Crippen molar-refractivity contribution in [2.24, 2.45) is 0 Å². The van der Waals surface area contributed by atoms with Crippen LogP contribution in [-0.2, 0) is 14.8 Å². The third kappa shape index (κ3) is 6.48. The molecule has 3 rings (SSSR count). The molecule has 0 atom stereocenters. The number of anilines is 1. The number of rotatable bonds is 8. The Labute approximate surface area is 176 Å².